The topological polar surface area (TPSA) is 85.3 Å². The molecule has 0 atom stereocenters. The first-order chi connectivity index (χ1) is 12.5. The van der Waals surface area contributed by atoms with E-state index in [9.17, 15) is 9.59 Å². The first-order valence-corrected chi connectivity index (χ1v) is 8.74. The third kappa shape index (κ3) is 2.45. The number of nitrogens with zero attached hydrogens (tertiary/aromatic N) is 5. The Morgan fingerprint density at radius 3 is 2.62 bits per heavy atom. The lowest BCUT2D eigenvalue weighted by molar-refractivity contribution is 0.277. The molecule has 0 unspecified atom stereocenters. The van der Waals surface area contributed by atoms with Crippen molar-refractivity contribution in [3.63, 3.8) is 0 Å². The van der Waals surface area contributed by atoms with Crippen molar-refractivity contribution in [3.05, 3.63) is 50.1 Å². The number of benzene rings is 1. The van der Waals surface area contributed by atoms with E-state index >= 15 is 0 Å². The van der Waals surface area contributed by atoms with Gasteiger partial charge in [0.05, 0.1) is 0 Å². The number of rotatable bonds is 4. The van der Waals surface area contributed by atoms with Gasteiger partial charge in [-0.15, -0.1) is 0 Å². The third-order valence-electron chi connectivity index (χ3n) is 4.68. The Morgan fingerprint density at radius 2 is 1.92 bits per heavy atom. The van der Waals surface area contributed by atoms with Crippen molar-refractivity contribution in [3.8, 4) is 0 Å². The van der Waals surface area contributed by atoms with Crippen LogP contribution in [0.3, 0.4) is 0 Å². The first-order valence-electron chi connectivity index (χ1n) is 8.37. The second kappa shape index (κ2) is 6.30. The van der Waals surface area contributed by atoms with Gasteiger partial charge in [-0.3, -0.25) is 13.9 Å². The van der Waals surface area contributed by atoms with E-state index in [-0.39, 0.29) is 18.7 Å². The van der Waals surface area contributed by atoms with Crippen LogP contribution in [0.5, 0.6) is 0 Å². The van der Waals surface area contributed by atoms with Crippen molar-refractivity contribution in [2.45, 2.75) is 19.5 Å². The first kappa shape index (κ1) is 16.9. The van der Waals surface area contributed by atoms with Crippen molar-refractivity contribution in [2.75, 3.05) is 18.1 Å². The summed E-state index contributed by atoms with van der Waals surface area (Å²) in [5.41, 5.74) is 0.915. The number of fused-ring (bicyclic) bond motifs is 3. The molecule has 1 N–H and O–H groups in total. The van der Waals surface area contributed by atoms with Crippen LogP contribution in [-0.4, -0.2) is 36.9 Å². The highest BCUT2D eigenvalue weighted by molar-refractivity contribution is 6.30. The van der Waals surface area contributed by atoms with Crippen LogP contribution < -0.4 is 16.1 Å². The predicted octanol–water partition coefficient (Wildman–Crippen LogP) is 1.08. The van der Waals surface area contributed by atoms with Gasteiger partial charge < -0.3 is 14.6 Å². The molecular weight excluding hydrogens is 358 g/mol. The van der Waals surface area contributed by atoms with Crippen molar-refractivity contribution < 1.29 is 5.11 Å². The standard InChI is InChI=1S/C17H18ClN5O3/c1-20-14-13(15(25)23(17(20)26)7-2-10-24)22-9-8-21(16(22)19-14)12-5-3-11(18)4-6-12/h3-6,24H,2,7-10H2,1H3. The lowest BCUT2D eigenvalue weighted by atomic mass is 10.3. The van der Waals surface area contributed by atoms with Gasteiger partial charge in [-0.05, 0) is 30.7 Å². The molecule has 1 aliphatic rings. The summed E-state index contributed by atoms with van der Waals surface area (Å²) in [6.07, 6.45) is 0.346. The van der Waals surface area contributed by atoms with Gasteiger partial charge in [0.15, 0.2) is 11.2 Å². The SMILES string of the molecule is Cn1c(=O)n(CCCO)c(=O)c2c1nc1n2CCN1c1ccc(Cl)cc1. The van der Waals surface area contributed by atoms with E-state index in [1.165, 1.54) is 9.13 Å². The third-order valence-corrected chi connectivity index (χ3v) is 4.93. The summed E-state index contributed by atoms with van der Waals surface area (Å²) < 4.78 is 4.40. The van der Waals surface area contributed by atoms with Crippen LogP contribution >= 0.6 is 11.6 Å². The van der Waals surface area contributed by atoms with Crippen molar-refractivity contribution in [1.82, 2.24) is 18.7 Å². The van der Waals surface area contributed by atoms with E-state index < -0.39 is 5.69 Å². The number of imidazole rings is 1. The zero-order valence-corrected chi connectivity index (χ0v) is 15.0. The molecule has 3 heterocycles. The maximum absolute atomic E-state index is 12.9. The number of aliphatic hydroxyl groups excluding tert-OH is 1. The molecule has 1 aliphatic heterocycles. The van der Waals surface area contributed by atoms with Gasteiger partial charge in [0, 0.05) is 44.0 Å². The quantitative estimate of drug-likeness (QED) is 0.737. The molecule has 26 heavy (non-hydrogen) atoms. The van der Waals surface area contributed by atoms with Gasteiger partial charge in [-0.1, -0.05) is 11.6 Å². The summed E-state index contributed by atoms with van der Waals surface area (Å²) in [4.78, 5) is 31.9. The molecule has 0 aliphatic carbocycles. The fourth-order valence-electron chi connectivity index (χ4n) is 3.37. The fraction of sp³-hybridized carbons (Fsp3) is 0.353. The zero-order chi connectivity index (χ0) is 18.4. The van der Waals surface area contributed by atoms with E-state index in [0.29, 0.717) is 41.6 Å². The molecule has 0 saturated heterocycles. The van der Waals surface area contributed by atoms with Crippen molar-refractivity contribution >= 4 is 34.4 Å². The number of hydrogen-bond donors (Lipinski definition) is 1. The normalized spacial score (nSPS) is 13.6. The van der Waals surface area contributed by atoms with Crippen LogP contribution in [0.15, 0.2) is 33.9 Å². The number of hydrogen-bond acceptors (Lipinski definition) is 5. The number of aromatic nitrogens is 4. The molecule has 2 aromatic heterocycles. The molecule has 8 nitrogen and oxygen atoms in total. The molecule has 0 radical (unpaired) electrons. The fourth-order valence-corrected chi connectivity index (χ4v) is 3.50. The van der Waals surface area contributed by atoms with E-state index in [2.05, 4.69) is 4.98 Å². The number of halogens is 1. The van der Waals surface area contributed by atoms with E-state index in [4.69, 9.17) is 16.7 Å². The van der Waals surface area contributed by atoms with Gasteiger partial charge in [0.2, 0.25) is 5.95 Å². The van der Waals surface area contributed by atoms with Gasteiger partial charge in [0.25, 0.3) is 5.56 Å². The molecule has 0 amide bonds. The minimum absolute atomic E-state index is 0.0809. The average molecular weight is 376 g/mol. The van der Waals surface area contributed by atoms with E-state index in [0.717, 1.165) is 5.69 Å². The highest BCUT2D eigenvalue weighted by Crippen LogP contribution is 2.32. The molecule has 0 bridgehead atoms. The largest absolute Gasteiger partial charge is 0.396 e. The molecule has 0 saturated carbocycles. The molecule has 136 valence electrons. The summed E-state index contributed by atoms with van der Waals surface area (Å²) in [5, 5.41) is 9.68. The Morgan fingerprint density at radius 1 is 1.19 bits per heavy atom. The van der Waals surface area contributed by atoms with Crippen LogP contribution in [0.2, 0.25) is 5.02 Å². The highest BCUT2D eigenvalue weighted by Gasteiger charge is 2.28. The summed E-state index contributed by atoms with van der Waals surface area (Å²) in [6, 6.07) is 7.41. The predicted molar refractivity (Wildman–Crippen MR) is 99.4 cm³/mol. The Labute approximate surface area is 153 Å². The summed E-state index contributed by atoms with van der Waals surface area (Å²) in [5.74, 6) is 0.634. The number of aliphatic hydroxyl groups is 1. The molecule has 0 fully saturated rings. The van der Waals surface area contributed by atoms with Gasteiger partial charge in [-0.2, -0.15) is 4.98 Å². The minimum Gasteiger partial charge on any atom is -0.396 e. The van der Waals surface area contributed by atoms with E-state index in [1.54, 1.807) is 19.2 Å². The molecular formula is C17H18ClN5O3. The highest BCUT2D eigenvalue weighted by atomic mass is 35.5. The second-order valence-corrected chi connectivity index (χ2v) is 6.68. The van der Waals surface area contributed by atoms with Crippen molar-refractivity contribution in [2.24, 2.45) is 7.05 Å². The Hall–Kier alpha value is -2.58. The van der Waals surface area contributed by atoms with E-state index in [1.807, 2.05) is 21.6 Å². The van der Waals surface area contributed by atoms with Crippen molar-refractivity contribution in [1.29, 1.82) is 0 Å². The molecule has 9 heteroatoms. The van der Waals surface area contributed by atoms with Crippen LogP contribution in [0.4, 0.5) is 11.6 Å². The van der Waals surface area contributed by atoms with Crippen LogP contribution in [0.1, 0.15) is 6.42 Å². The monoisotopic (exact) mass is 375 g/mol. The van der Waals surface area contributed by atoms with Crippen LogP contribution in [0, 0.1) is 0 Å². The number of aryl methyl sites for hydroxylation is 1. The average Bonchev–Trinajstić information content (AvgIpc) is 3.20. The Balaban J connectivity index is 1.91. The second-order valence-electron chi connectivity index (χ2n) is 6.24. The summed E-state index contributed by atoms with van der Waals surface area (Å²) in [7, 11) is 1.61. The molecule has 4 rings (SSSR count). The lowest BCUT2D eigenvalue weighted by Crippen LogP contribution is -2.39. The zero-order valence-electron chi connectivity index (χ0n) is 14.2. The summed E-state index contributed by atoms with van der Waals surface area (Å²) in [6.45, 7) is 1.38. The Kier molecular flexibility index (Phi) is 4.08. The molecule has 1 aromatic carbocycles. The van der Waals surface area contributed by atoms with Crippen LogP contribution in [0.25, 0.3) is 11.2 Å². The van der Waals surface area contributed by atoms with Gasteiger partial charge in [0.1, 0.15) is 0 Å². The summed E-state index contributed by atoms with van der Waals surface area (Å²) >= 11 is 5.96. The minimum atomic E-state index is -0.425. The lowest BCUT2D eigenvalue weighted by Gasteiger charge is -2.15. The Bertz CT molecular complexity index is 1100. The van der Waals surface area contributed by atoms with Gasteiger partial charge >= 0.3 is 5.69 Å². The molecule has 0 spiro atoms. The maximum atomic E-state index is 12.9. The number of anilines is 2. The smallest absolute Gasteiger partial charge is 0.332 e. The van der Waals surface area contributed by atoms with Crippen LogP contribution in [-0.2, 0) is 20.1 Å². The van der Waals surface area contributed by atoms with Gasteiger partial charge in [-0.25, -0.2) is 4.79 Å². The molecule has 3 aromatic rings. The maximum Gasteiger partial charge on any atom is 0.332 e.